The third-order valence-electron chi connectivity index (χ3n) is 11.4. The summed E-state index contributed by atoms with van der Waals surface area (Å²) in [5.74, 6) is -8.41. The third-order valence-corrected chi connectivity index (χ3v) is 11.4. The zero-order valence-corrected chi connectivity index (χ0v) is 29.4. The van der Waals surface area contributed by atoms with E-state index in [1.165, 1.54) is 10.9 Å². The molecule has 56 heavy (non-hydrogen) atoms. The molecule has 10 rings (SSSR count). The summed E-state index contributed by atoms with van der Waals surface area (Å²) >= 11 is 0. The Morgan fingerprint density at radius 2 is 1.12 bits per heavy atom. The first-order valence-corrected chi connectivity index (χ1v) is 18.1. The van der Waals surface area contributed by atoms with E-state index in [0.717, 1.165) is 40.3 Å². The highest BCUT2D eigenvalue weighted by Gasteiger charge is 2.34. The first kappa shape index (κ1) is 33.1. The Balaban J connectivity index is 1.31. The highest BCUT2D eigenvalue weighted by Crippen LogP contribution is 2.62. The molecule has 1 atom stereocenters. The molecule has 10 nitrogen and oxygen atoms in total. The van der Waals surface area contributed by atoms with E-state index in [1.54, 1.807) is 0 Å². The molecular formula is C46H32O10. The topological polar surface area (TPSA) is 195 Å². The molecule has 9 N–H and O–H groups in total. The van der Waals surface area contributed by atoms with Gasteiger partial charge >= 0.3 is 0 Å². The van der Waals surface area contributed by atoms with Crippen molar-refractivity contribution in [1.29, 1.82) is 0 Å². The number of hydrogen-bond donors (Lipinski definition) is 9. The smallest absolute Gasteiger partial charge is 0.205 e. The molecule has 0 aliphatic heterocycles. The second-order valence-corrected chi connectivity index (χ2v) is 14.3. The fraction of sp³-hybridized carbons (Fsp3) is 0.0870. The van der Waals surface area contributed by atoms with Crippen LogP contribution in [0.25, 0.3) is 82.6 Å². The van der Waals surface area contributed by atoms with Gasteiger partial charge in [-0.15, -0.1) is 0 Å². The van der Waals surface area contributed by atoms with Crippen molar-refractivity contribution in [2.75, 3.05) is 0 Å². The van der Waals surface area contributed by atoms with Crippen molar-refractivity contribution in [3.8, 4) is 74.0 Å². The van der Waals surface area contributed by atoms with Crippen LogP contribution in [0.3, 0.4) is 0 Å². The van der Waals surface area contributed by atoms with Crippen molar-refractivity contribution in [1.82, 2.24) is 0 Å². The molecular weight excluding hydrogens is 712 g/mol. The van der Waals surface area contributed by atoms with Crippen LogP contribution < -0.4 is 0 Å². The Hall–Kier alpha value is -7.46. The Labute approximate surface area is 316 Å². The van der Waals surface area contributed by atoms with Gasteiger partial charge < -0.3 is 50.4 Å². The molecule has 8 aromatic rings. The highest BCUT2D eigenvalue weighted by molar-refractivity contribution is 6.27. The van der Waals surface area contributed by atoms with Crippen molar-refractivity contribution < 1.29 is 50.4 Å². The van der Waals surface area contributed by atoms with Crippen LogP contribution in [0.15, 0.2) is 95.5 Å². The number of allylic oxidation sites excluding steroid dienone is 5. The van der Waals surface area contributed by atoms with Crippen LogP contribution in [0.5, 0.6) is 51.7 Å². The normalized spacial score (nSPS) is 15.2. The molecule has 2 aliphatic rings. The van der Waals surface area contributed by atoms with E-state index < -0.39 is 84.5 Å². The first-order chi connectivity index (χ1) is 27.1. The Morgan fingerprint density at radius 1 is 0.518 bits per heavy atom. The second kappa shape index (κ2) is 11.8. The van der Waals surface area contributed by atoms with Crippen molar-refractivity contribution in [3.63, 3.8) is 0 Å². The molecule has 0 amide bonds. The molecule has 1 aromatic heterocycles. The maximum Gasteiger partial charge on any atom is 0.205 e. The predicted molar refractivity (Wildman–Crippen MR) is 215 cm³/mol. The van der Waals surface area contributed by atoms with Crippen LogP contribution in [0, 0.1) is 0 Å². The maximum absolute atomic E-state index is 12.2. The van der Waals surface area contributed by atoms with Crippen LogP contribution in [-0.2, 0) is 6.42 Å². The zero-order valence-electron chi connectivity index (χ0n) is 29.4. The van der Waals surface area contributed by atoms with Gasteiger partial charge in [-0.3, -0.25) is 0 Å². The maximum atomic E-state index is 12.2. The minimum absolute atomic E-state index is 0.168. The Morgan fingerprint density at radius 3 is 1.86 bits per heavy atom. The summed E-state index contributed by atoms with van der Waals surface area (Å²) in [5.41, 5.74) is 4.21. The lowest BCUT2D eigenvalue weighted by atomic mass is 9.78. The molecule has 1 heterocycles. The average Bonchev–Trinajstić information content (AvgIpc) is 3.63. The van der Waals surface area contributed by atoms with E-state index in [9.17, 15) is 46.0 Å². The Bertz CT molecular complexity index is 3170. The van der Waals surface area contributed by atoms with Gasteiger partial charge in [0, 0.05) is 11.5 Å². The van der Waals surface area contributed by atoms with Crippen LogP contribution in [0.1, 0.15) is 35.4 Å². The van der Waals surface area contributed by atoms with Gasteiger partial charge in [-0.25, -0.2) is 0 Å². The summed E-state index contributed by atoms with van der Waals surface area (Å²) in [6.07, 6.45) is 14.7. The summed E-state index contributed by atoms with van der Waals surface area (Å²) < 4.78 is 6.04. The number of rotatable bonds is 3. The minimum Gasteiger partial charge on any atom is -0.504 e. The molecule has 10 heteroatoms. The number of hydrogen-bond acceptors (Lipinski definition) is 10. The molecule has 7 aromatic carbocycles. The minimum atomic E-state index is -1.16. The lowest BCUT2D eigenvalue weighted by molar-refractivity contribution is 0.349. The van der Waals surface area contributed by atoms with E-state index >= 15 is 0 Å². The van der Waals surface area contributed by atoms with Crippen molar-refractivity contribution in [3.05, 3.63) is 108 Å². The number of phenols is 9. The molecule has 2 aliphatic carbocycles. The molecule has 276 valence electrons. The predicted octanol–water partition coefficient (Wildman–Crippen LogP) is 10.3. The van der Waals surface area contributed by atoms with E-state index in [1.807, 2.05) is 48.6 Å². The number of benzene rings is 7. The summed E-state index contributed by atoms with van der Waals surface area (Å²) in [7, 11) is 0. The van der Waals surface area contributed by atoms with Crippen LogP contribution in [-0.4, -0.2) is 46.0 Å². The van der Waals surface area contributed by atoms with Crippen LogP contribution in [0.2, 0.25) is 0 Å². The van der Waals surface area contributed by atoms with Crippen molar-refractivity contribution >= 4 is 60.3 Å². The van der Waals surface area contributed by atoms with Gasteiger partial charge in [0.25, 0.3) is 0 Å². The molecule has 0 spiro atoms. The molecule has 0 radical (unpaired) electrons. The Kier molecular flexibility index (Phi) is 6.96. The van der Waals surface area contributed by atoms with Gasteiger partial charge in [-0.05, 0) is 80.8 Å². The average molecular weight is 745 g/mol. The molecule has 1 unspecified atom stereocenters. The van der Waals surface area contributed by atoms with Gasteiger partial charge in [0.05, 0.1) is 27.1 Å². The van der Waals surface area contributed by atoms with Gasteiger partial charge in [0.2, 0.25) is 11.5 Å². The summed E-state index contributed by atoms with van der Waals surface area (Å²) in [5, 5.41) is 102. The molecule has 0 fully saturated rings. The number of furan rings is 1. The van der Waals surface area contributed by atoms with Gasteiger partial charge in [-0.1, -0.05) is 85.0 Å². The standard InChI is InChI=1S/C46H32O10/c47-36-31(42(53)46-35(40(36)51)34-39(50)37(48)32-33(45(34)56-46)41(52)44(55)43(54)38(32)49)30-26-16-8-6-14-24(26)29(25-15-7-9-17-27(25)30)22-18-21-12-4-5-13-23(21)28(19-22)20-10-2-1-3-11-20/h1-6,8-10,12-14,16-20,47-55H,7,11,15H2. The lowest BCUT2D eigenvalue weighted by Crippen LogP contribution is -2.04. The first-order valence-electron chi connectivity index (χ1n) is 18.1. The largest absolute Gasteiger partial charge is 0.504 e. The van der Waals surface area contributed by atoms with Crippen molar-refractivity contribution in [2.24, 2.45) is 0 Å². The summed E-state index contributed by atoms with van der Waals surface area (Å²) in [6.45, 7) is 0. The van der Waals surface area contributed by atoms with E-state index in [0.29, 0.717) is 22.9 Å². The van der Waals surface area contributed by atoms with Gasteiger partial charge in [0.1, 0.15) is 0 Å². The quantitative estimate of drug-likeness (QED) is 0.0620. The molecule has 0 saturated carbocycles. The number of aromatic hydroxyl groups is 9. The second-order valence-electron chi connectivity index (χ2n) is 14.3. The summed E-state index contributed by atoms with van der Waals surface area (Å²) in [4.78, 5) is 0. The zero-order chi connectivity index (χ0) is 38.7. The van der Waals surface area contributed by atoms with E-state index in [2.05, 4.69) is 48.6 Å². The van der Waals surface area contributed by atoms with Gasteiger partial charge in [0.15, 0.2) is 51.4 Å². The molecule has 0 bridgehead atoms. The fourth-order valence-corrected chi connectivity index (χ4v) is 8.90. The SMILES string of the molecule is Oc1c(O)c(O)c2c(c1O)c(O)c(O)c1c2oc2c(O)c(-c3c4c(c(-c5cc(C6C=CC=CC6)c6ccccc6c5)c5ccccc35)CCC=C4)c(O)c(O)c21. The van der Waals surface area contributed by atoms with Crippen LogP contribution >= 0.6 is 0 Å². The lowest BCUT2D eigenvalue weighted by Gasteiger charge is -2.25. The third kappa shape index (κ3) is 4.32. The number of phenolic OH excluding ortho intramolecular Hbond substituents is 9. The van der Waals surface area contributed by atoms with Crippen LogP contribution in [0.4, 0.5) is 0 Å². The monoisotopic (exact) mass is 744 g/mol. The highest BCUT2D eigenvalue weighted by atomic mass is 16.4. The van der Waals surface area contributed by atoms with E-state index in [4.69, 9.17) is 4.42 Å². The van der Waals surface area contributed by atoms with E-state index in [-0.39, 0.29) is 11.5 Å². The van der Waals surface area contributed by atoms with Gasteiger partial charge in [-0.2, -0.15) is 0 Å². The summed E-state index contributed by atoms with van der Waals surface area (Å²) in [6, 6.07) is 20.4. The number of fused-ring (bicyclic) bond motifs is 8. The molecule has 0 saturated heterocycles. The fourth-order valence-electron chi connectivity index (χ4n) is 8.90. The van der Waals surface area contributed by atoms with Crippen molar-refractivity contribution in [2.45, 2.75) is 25.2 Å².